The third-order valence-corrected chi connectivity index (χ3v) is 2.63. The molecule has 6 heteroatoms. The second kappa shape index (κ2) is 5.31. The van der Waals surface area contributed by atoms with E-state index >= 15 is 0 Å². The molecule has 0 fully saturated rings. The molecule has 0 aliphatic carbocycles. The summed E-state index contributed by atoms with van der Waals surface area (Å²) in [7, 11) is 1.54. The Morgan fingerprint density at radius 3 is 2.94 bits per heavy atom. The third kappa shape index (κ3) is 2.48. The molecule has 2 aromatic rings. The van der Waals surface area contributed by atoms with Gasteiger partial charge in [0.2, 0.25) is 5.75 Å². The van der Waals surface area contributed by atoms with Crippen LogP contribution in [0.1, 0.15) is 11.1 Å². The number of nitrogens with one attached hydrogen (secondary N) is 1. The molecular weight excluding hydrogens is 230 g/mol. The largest absolute Gasteiger partial charge is 0.490 e. The lowest BCUT2D eigenvalue weighted by Crippen LogP contribution is -2.07. The van der Waals surface area contributed by atoms with Crippen molar-refractivity contribution in [3.05, 3.63) is 35.9 Å². The van der Waals surface area contributed by atoms with Gasteiger partial charge in [-0.25, -0.2) is 9.97 Å². The number of hydrogen-bond acceptors (Lipinski definition) is 6. The quantitative estimate of drug-likeness (QED) is 0.846. The number of ether oxygens (including phenoxy) is 1. The predicted molar refractivity (Wildman–Crippen MR) is 69.3 cm³/mol. The van der Waals surface area contributed by atoms with E-state index in [-0.39, 0.29) is 0 Å². The first-order chi connectivity index (χ1) is 8.72. The normalized spacial score (nSPS) is 10.1. The van der Waals surface area contributed by atoms with Crippen molar-refractivity contribution in [1.29, 1.82) is 0 Å². The molecule has 2 heterocycles. The fourth-order valence-corrected chi connectivity index (χ4v) is 1.58. The van der Waals surface area contributed by atoms with Gasteiger partial charge < -0.3 is 15.8 Å². The number of methoxy groups -OCH3 is 1. The molecule has 0 saturated heterocycles. The number of nitrogens with zero attached hydrogens (tertiary/aromatic N) is 3. The Bertz CT molecular complexity index is 544. The summed E-state index contributed by atoms with van der Waals surface area (Å²) in [5.74, 6) is 1.35. The zero-order valence-electron chi connectivity index (χ0n) is 10.3. The molecular formula is C12H15N5O. The molecule has 0 unspecified atom stereocenters. The maximum Gasteiger partial charge on any atom is 0.203 e. The monoisotopic (exact) mass is 245 g/mol. The summed E-state index contributed by atoms with van der Waals surface area (Å²) in [6, 6.07) is 1.96. The van der Waals surface area contributed by atoms with Gasteiger partial charge in [0.25, 0.3) is 0 Å². The fourth-order valence-electron chi connectivity index (χ4n) is 1.58. The average molecular weight is 245 g/mol. The van der Waals surface area contributed by atoms with Crippen molar-refractivity contribution in [2.75, 3.05) is 18.2 Å². The van der Waals surface area contributed by atoms with Gasteiger partial charge in [0, 0.05) is 18.9 Å². The minimum absolute atomic E-state index is 0.318. The van der Waals surface area contributed by atoms with Crippen LogP contribution in [0.3, 0.4) is 0 Å². The van der Waals surface area contributed by atoms with Crippen LogP contribution in [0.2, 0.25) is 0 Å². The van der Waals surface area contributed by atoms with Gasteiger partial charge in [0.1, 0.15) is 6.33 Å². The molecule has 0 aliphatic heterocycles. The van der Waals surface area contributed by atoms with Gasteiger partial charge in [-0.3, -0.25) is 4.98 Å². The summed E-state index contributed by atoms with van der Waals surface area (Å²) >= 11 is 0. The number of aromatic nitrogens is 3. The predicted octanol–water partition coefficient (Wildman–Crippen LogP) is 1.38. The van der Waals surface area contributed by atoms with Crippen molar-refractivity contribution in [3.63, 3.8) is 0 Å². The molecule has 6 nitrogen and oxygen atoms in total. The summed E-state index contributed by atoms with van der Waals surface area (Å²) in [6.07, 6.45) is 4.98. The van der Waals surface area contributed by atoms with E-state index in [4.69, 9.17) is 10.5 Å². The van der Waals surface area contributed by atoms with Gasteiger partial charge in [-0.1, -0.05) is 0 Å². The van der Waals surface area contributed by atoms with E-state index in [0.29, 0.717) is 23.9 Å². The molecule has 0 spiro atoms. The van der Waals surface area contributed by atoms with Crippen LogP contribution in [0.5, 0.6) is 5.75 Å². The van der Waals surface area contributed by atoms with Crippen molar-refractivity contribution < 1.29 is 4.74 Å². The SMILES string of the molecule is COc1c(N)ncnc1NCc1cnccc1C. The number of nitrogen functional groups attached to an aromatic ring is 1. The molecule has 0 bridgehead atoms. The molecule has 0 saturated carbocycles. The van der Waals surface area contributed by atoms with Crippen LogP contribution in [-0.4, -0.2) is 22.1 Å². The first-order valence-corrected chi connectivity index (χ1v) is 5.50. The Balaban J connectivity index is 2.16. The minimum atomic E-state index is 0.318. The molecule has 0 amide bonds. The molecule has 18 heavy (non-hydrogen) atoms. The first kappa shape index (κ1) is 12.1. The second-order valence-corrected chi connectivity index (χ2v) is 3.80. The van der Waals surface area contributed by atoms with Crippen molar-refractivity contribution in [2.45, 2.75) is 13.5 Å². The van der Waals surface area contributed by atoms with Crippen LogP contribution in [0, 0.1) is 6.92 Å². The van der Waals surface area contributed by atoms with Gasteiger partial charge in [0.15, 0.2) is 11.6 Å². The highest BCUT2D eigenvalue weighted by atomic mass is 16.5. The van der Waals surface area contributed by atoms with Gasteiger partial charge in [-0.15, -0.1) is 0 Å². The van der Waals surface area contributed by atoms with E-state index in [1.54, 1.807) is 6.20 Å². The Morgan fingerprint density at radius 1 is 1.39 bits per heavy atom. The van der Waals surface area contributed by atoms with Crippen molar-refractivity contribution in [2.24, 2.45) is 0 Å². The van der Waals surface area contributed by atoms with Crippen LogP contribution in [-0.2, 0) is 6.54 Å². The maximum absolute atomic E-state index is 5.70. The molecule has 0 atom stereocenters. The van der Waals surface area contributed by atoms with E-state index in [1.165, 1.54) is 19.0 Å². The molecule has 0 aromatic carbocycles. The van der Waals surface area contributed by atoms with E-state index in [1.807, 2.05) is 19.2 Å². The van der Waals surface area contributed by atoms with E-state index < -0.39 is 0 Å². The zero-order valence-corrected chi connectivity index (χ0v) is 10.3. The zero-order chi connectivity index (χ0) is 13.0. The smallest absolute Gasteiger partial charge is 0.203 e. The number of anilines is 2. The van der Waals surface area contributed by atoms with Gasteiger partial charge >= 0.3 is 0 Å². The van der Waals surface area contributed by atoms with Crippen LogP contribution in [0.25, 0.3) is 0 Å². The van der Waals surface area contributed by atoms with Crippen LogP contribution >= 0.6 is 0 Å². The second-order valence-electron chi connectivity index (χ2n) is 3.80. The van der Waals surface area contributed by atoms with Crippen molar-refractivity contribution >= 4 is 11.6 Å². The number of nitrogens with two attached hydrogens (primary N) is 1. The summed E-state index contributed by atoms with van der Waals surface area (Å²) in [5.41, 5.74) is 7.96. The average Bonchev–Trinajstić information content (AvgIpc) is 2.38. The summed E-state index contributed by atoms with van der Waals surface area (Å²) in [5, 5.41) is 3.17. The molecule has 2 aromatic heterocycles. The highest BCUT2D eigenvalue weighted by Gasteiger charge is 2.09. The standard InChI is InChI=1S/C12H15N5O/c1-8-3-4-14-5-9(8)6-15-12-10(18-2)11(13)16-7-17-12/h3-5,7H,6H2,1-2H3,(H3,13,15,16,17). The molecule has 94 valence electrons. The van der Waals surface area contributed by atoms with Gasteiger partial charge in [0.05, 0.1) is 7.11 Å². The highest BCUT2D eigenvalue weighted by Crippen LogP contribution is 2.26. The van der Waals surface area contributed by atoms with Crippen LogP contribution < -0.4 is 15.8 Å². The van der Waals surface area contributed by atoms with Gasteiger partial charge in [-0.05, 0) is 24.1 Å². The topological polar surface area (TPSA) is 86.0 Å². The lowest BCUT2D eigenvalue weighted by molar-refractivity contribution is 0.415. The molecule has 2 rings (SSSR count). The molecule has 3 N–H and O–H groups in total. The first-order valence-electron chi connectivity index (χ1n) is 5.50. The summed E-state index contributed by atoms with van der Waals surface area (Å²) < 4.78 is 5.17. The van der Waals surface area contributed by atoms with E-state index in [0.717, 1.165) is 5.56 Å². The summed E-state index contributed by atoms with van der Waals surface area (Å²) in [6.45, 7) is 2.64. The summed E-state index contributed by atoms with van der Waals surface area (Å²) in [4.78, 5) is 12.1. The Morgan fingerprint density at radius 2 is 2.22 bits per heavy atom. The third-order valence-electron chi connectivity index (χ3n) is 2.63. The minimum Gasteiger partial charge on any atom is -0.490 e. The lowest BCUT2D eigenvalue weighted by Gasteiger charge is -2.11. The lowest BCUT2D eigenvalue weighted by atomic mass is 10.1. The number of pyridine rings is 1. The van der Waals surface area contributed by atoms with E-state index in [9.17, 15) is 0 Å². The number of hydrogen-bond donors (Lipinski definition) is 2. The fraction of sp³-hybridized carbons (Fsp3) is 0.250. The van der Waals surface area contributed by atoms with Crippen molar-refractivity contribution in [1.82, 2.24) is 15.0 Å². The molecule has 0 radical (unpaired) electrons. The molecule has 0 aliphatic rings. The van der Waals surface area contributed by atoms with Crippen molar-refractivity contribution in [3.8, 4) is 5.75 Å². The number of aryl methyl sites for hydroxylation is 1. The Kier molecular flexibility index (Phi) is 3.57. The van der Waals surface area contributed by atoms with Crippen LogP contribution in [0.15, 0.2) is 24.8 Å². The Hall–Kier alpha value is -2.37. The number of rotatable bonds is 4. The highest BCUT2D eigenvalue weighted by molar-refractivity contribution is 5.61. The van der Waals surface area contributed by atoms with Crippen LogP contribution in [0.4, 0.5) is 11.6 Å². The maximum atomic E-state index is 5.70. The van der Waals surface area contributed by atoms with E-state index in [2.05, 4.69) is 20.3 Å². The van der Waals surface area contributed by atoms with Gasteiger partial charge in [-0.2, -0.15) is 0 Å². The Labute approximate surface area is 105 Å².